The Morgan fingerprint density at radius 3 is 2.46 bits per heavy atom. The highest BCUT2D eigenvalue weighted by atomic mass is 35.5. The van der Waals surface area contributed by atoms with E-state index >= 15 is 0 Å². The van der Waals surface area contributed by atoms with Crippen molar-refractivity contribution in [3.63, 3.8) is 0 Å². The molecular weight excluding hydrogens is 340 g/mol. The number of hydrogen-bond donors (Lipinski definition) is 1. The number of amides is 1. The summed E-state index contributed by atoms with van der Waals surface area (Å²) in [7, 11) is 0. The lowest BCUT2D eigenvalue weighted by Crippen LogP contribution is -2.30. The monoisotopic (exact) mass is 353 g/mol. The number of anilines is 1. The molecule has 0 heterocycles. The highest BCUT2D eigenvalue weighted by molar-refractivity contribution is 6.31. The van der Waals surface area contributed by atoms with Crippen LogP contribution in [0.1, 0.15) is 12.5 Å². The van der Waals surface area contributed by atoms with Gasteiger partial charge in [0, 0.05) is 10.6 Å². The molecule has 0 bridgehead atoms. The quantitative estimate of drug-likeness (QED) is 0.833. The van der Waals surface area contributed by atoms with Crippen molar-refractivity contribution in [1.29, 1.82) is 0 Å². The number of carbonyl (C=O) groups excluding carboxylic acids is 2. The Labute approximate surface area is 142 Å². The third-order valence-electron chi connectivity index (χ3n) is 3.19. The Morgan fingerprint density at radius 1 is 1.12 bits per heavy atom. The molecule has 0 aliphatic carbocycles. The summed E-state index contributed by atoms with van der Waals surface area (Å²) in [5.74, 6) is -2.77. The Kier molecular flexibility index (Phi) is 5.87. The zero-order valence-corrected chi connectivity index (χ0v) is 13.4. The van der Waals surface area contributed by atoms with Gasteiger partial charge < -0.3 is 10.1 Å². The van der Waals surface area contributed by atoms with Gasteiger partial charge in [0.05, 0.1) is 12.1 Å². The molecule has 1 amide bonds. The van der Waals surface area contributed by atoms with E-state index < -0.39 is 36.0 Å². The molecular formula is C17H14ClF2NO3. The second-order valence-electron chi connectivity index (χ2n) is 4.98. The van der Waals surface area contributed by atoms with Crippen LogP contribution in [0.25, 0.3) is 0 Å². The molecule has 0 radical (unpaired) electrons. The largest absolute Gasteiger partial charge is 0.452 e. The van der Waals surface area contributed by atoms with Gasteiger partial charge in [0.25, 0.3) is 5.91 Å². The molecule has 0 saturated carbocycles. The number of esters is 1. The average molecular weight is 354 g/mol. The summed E-state index contributed by atoms with van der Waals surface area (Å²) in [5.41, 5.74) is -0.0339. The van der Waals surface area contributed by atoms with Crippen LogP contribution >= 0.6 is 11.6 Å². The maximum Gasteiger partial charge on any atom is 0.311 e. The smallest absolute Gasteiger partial charge is 0.311 e. The van der Waals surface area contributed by atoms with E-state index in [1.54, 1.807) is 6.07 Å². The van der Waals surface area contributed by atoms with Crippen LogP contribution in [-0.2, 0) is 20.7 Å². The van der Waals surface area contributed by atoms with Crippen molar-refractivity contribution in [2.75, 3.05) is 5.32 Å². The van der Waals surface area contributed by atoms with E-state index in [1.165, 1.54) is 43.3 Å². The van der Waals surface area contributed by atoms with E-state index in [4.69, 9.17) is 16.3 Å². The number of hydrogen-bond acceptors (Lipinski definition) is 3. The van der Waals surface area contributed by atoms with Crippen LogP contribution in [0.4, 0.5) is 14.5 Å². The lowest BCUT2D eigenvalue weighted by Gasteiger charge is -2.14. The molecule has 4 nitrogen and oxygen atoms in total. The topological polar surface area (TPSA) is 55.4 Å². The van der Waals surface area contributed by atoms with Gasteiger partial charge in [-0.1, -0.05) is 29.8 Å². The molecule has 0 aliphatic heterocycles. The second kappa shape index (κ2) is 7.88. The number of ether oxygens (including phenoxy) is 1. The van der Waals surface area contributed by atoms with Crippen molar-refractivity contribution < 1.29 is 23.1 Å². The maximum atomic E-state index is 13.6. The Bertz CT molecular complexity index is 747. The molecule has 0 spiro atoms. The Morgan fingerprint density at radius 2 is 1.79 bits per heavy atom. The molecule has 7 heteroatoms. The summed E-state index contributed by atoms with van der Waals surface area (Å²) in [5, 5.41) is 2.40. The van der Waals surface area contributed by atoms with E-state index in [1.807, 2.05) is 0 Å². The summed E-state index contributed by atoms with van der Waals surface area (Å²) < 4.78 is 32.0. The van der Waals surface area contributed by atoms with E-state index in [2.05, 4.69) is 5.32 Å². The molecule has 0 aromatic heterocycles. The van der Waals surface area contributed by atoms with Crippen molar-refractivity contribution in [1.82, 2.24) is 0 Å². The first-order chi connectivity index (χ1) is 11.4. The van der Waals surface area contributed by atoms with Crippen LogP contribution in [0, 0.1) is 11.6 Å². The SMILES string of the molecule is CC(OC(=O)Cc1c(F)cccc1Cl)C(=O)Nc1ccccc1F. The predicted octanol–water partition coefficient (Wildman–Crippen LogP) is 3.73. The molecule has 1 N–H and O–H groups in total. The van der Waals surface area contributed by atoms with Gasteiger partial charge in [-0.3, -0.25) is 9.59 Å². The van der Waals surface area contributed by atoms with Gasteiger partial charge in [-0.05, 0) is 31.2 Å². The first-order valence-electron chi connectivity index (χ1n) is 7.06. The number of para-hydroxylation sites is 1. The number of nitrogens with one attached hydrogen (secondary N) is 1. The number of halogens is 3. The summed E-state index contributed by atoms with van der Waals surface area (Å²) in [4.78, 5) is 23.8. The number of carbonyl (C=O) groups is 2. The molecule has 0 aliphatic rings. The van der Waals surface area contributed by atoms with Crippen molar-refractivity contribution in [3.05, 3.63) is 64.7 Å². The highest BCUT2D eigenvalue weighted by Gasteiger charge is 2.20. The fourth-order valence-electron chi connectivity index (χ4n) is 1.93. The summed E-state index contributed by atoms with van der Waals surface area (Å²) in [6.45, 7) is 1.33. The molecule has 0 fully saturated rings. The normalized spacial score (nSPS) is 11.7. The van der Waals surface area contributed by atoms with E-state index in [-0.39, 0.29) is 16.3 Å². The molecule has 126 valence electrons. The van der Waals surface area contributed by atoms with Gasteiger partial charge >= 0.3 is 5.97 Å². The van der Waals surface area contributed by atoms with Crippen LogP contribution in [0.2, 0.25) is 5.02 Å². The van der Waals surface area contributed by atoms with Crippen LogP contribution in [0.5, 0.6) is 0 Å². The van der Waals surface area contributed by atoms with Crippen LogP contribution in [0.3, 0.4) is 0 Å². The third kappa shape index (κ3) is 4.52. The van der Waals surface area contributed by atoms with Crippen molar-refractivity contribution in [2.45, 2.75) is 19.4 Å². The molecule has 2 aromatic carbocycles. The molecule has 0 saturated heterocycles. The maximum absolute atomic E-state index is 13.6. The van der Waals surface area contributed by atoms with Gasteiger partial charge in [-0.15, -0.1) is 0 Å². The zero-order valence-electron chi connectivity index (χ0n) is 12.7. The molecule has 1 atom stereocenters. The predicted molar refractivity (Wildman–Crippen MR) is 85.7 cm³/mol. The van der Waals surface area contributed by atoms with Crippen LogP contribution in [-0.4, -0.2) is 18.0 Å². The van der Waals surface area contributed by atoms with E-state index in [0.29, 0.717) is 0 Å². The average Bonchev–Trinajstić information content (AvgIpc) is 2.53. The lowest BCUT2D eigenvalue weighted by atomic mass is 10.1. The van der Waals surface area contributed by atoms with Crippen molar-refractivity contribution in [3.8, 4) is 0 Å². The fraction of sp³-hybridized carbons (Fsp3) is 0.176. The van der Waals surface area contributed by atoms with E-state index in [9.17, 15) is 18.4 Å². The summed E-state index contributed by atoms with van der Waals surface area (Å²) in [6.07, 6.45) is -1.59. The standard InChI is InChI=1S/C17H14ClF2NO3/c1-10(17(23)21-15-8-3-2-6-14(15)20)24-16(22)9-11-12(18)5-4-7-13(11)19/h2-8,10H,9H2,1H3,(H,21,23). The van der Waals surface area contributed by atoms with Gasteiger partial charge in [-0.25, -0.2) is 8.78 Å². The number of benzene rings is 2. The van der Waals surface area contributed by atoms with Crippen LogP contribution < -0.4 is 5.32 Å². The molecule has 1 unspecified atom stereocenters. The second-order valence-corrected chi connectivity index (χ2v) is 5.39. The first kappa shape index (κ1) is 17.9. The van der Waals surface area contributed by atoms with Gasteiger partial charge in [0.2, 0.25) is 0 Å². The van der Waals surface area contributed by atoms with Crippen molar-refractivity contribution in [2.24, 2.45) is 0 Å². The molecule has 2 rings (SSSR count). The third-order valence-corrected chi connectivity index (χ3v) is 3.55. The van der Waals surface area contributed by atoms with Gasteiger partial charge in [0.15, 0.2) is 6.10 Å². The minimum absolute atomic E-state index is 0.00845. The summed E-state index contributed by atoms with van der Waals surface area (Å²) in [6, 6.07) is 9.62. The zero-order chi connectivity index (χ0) is 17.7. The first-order valence-corrected chi connectivity index (χ1v) is 7.44. The Hall–Kier alpha value is -2.47. The number of rotatable bonds is 5. The molecule has 2 aromatic rings. The molecule has 24 heavy (non-hydrogen) atoms. The fourth-order valence-corrected chi connectivity index (χ4v) is 2.16. The highest BCUT2D eigenvalue weighted by Crippen LogP contribution is 2.20. The van der Waals surface area contributed by atoms with Crippen molar-refractivity contribution >= 4 is 29.2 Å². The van der Waals surface area contributed by atoms with Crippen LogP contribution in [0.15, 0.2) is 42.5 Å². The minimum Gasteiger partial charge on any atom is -0.452 e. The van der Waals surface area contributed by atoms with E-state index in [0.717, 1.165) is 0 Å². The minimum atomic E-state index is -1.18. The Balaban J connectivity index is 1.96. The summed E-state index contributed by atoms with van der Waals surface area (Å²) >= 11 is 5.83. The van der Waals surface area contributed by atoms with Gasteiger partial charge in [0.1, 0.15) is 11.6 Å². The van der Waals surface area contributed by atoms with Gasteiger partial charge in [-0.2, -0.15) is 0 Å². The lowest BCUT2D eigenvalue weighted by molar-refractivity contribution is -0.152.